The number of aromatic nitrogens is 2. The van der Waals surface area contributed by atoms with Crippen molar-refractivity contribution in [2.45, 2.75) is 0 Å². The highest BCUT2D eigenvalue weighted by molar-refractivity contribution is 7.28. The van der Waals surface area contributed by atoms with Crippen LogP contribution >= 0.6 is 45.3 Å². The lowest BCUT2D eigenvalue weighted by Gasteiger charge is -2.14. The van der Waals surface area contributed by atoms with Gasteiger partial charge in [-0.3, -0.25) is 0 Å². The van der Waals surface area contributed by atoms with Crippen LogP contribution in [-0.2, 0) is 0 Å². The molecule has 0 aliphatic carbocycles. The summed E-state index contributed by atoms with van der Waals surface area (Å²) in [5.74, 6) is 0. The molecule has 20 aromatic rings. The summed E-state index contributed by atoms with van der Waals surface area (Å²) >= 11 is 7.61. The topological polar surface area (TPSA) is 9.86 Å². The maximum Gasteiger partial charge on any atom is 0.0734 e. The zero-order valence-corrected chi connectivity index (χ0v) is 54.0. The van der Waals surface area contributed by atoms with E-state index in [1.807, 2.05) is 45.3 Å². The van der Waals surface area contributed by atoms with E-state index in [1.54, 1.807) is 0 Å². The highest BCUT2D eigenvalue weighted by Crippen LogP contribution is 2.52. The summed E-state index contributed by atoms with van der Waals surface area (Å²) < 4.78 is 15.5. The van der Waals surface area contributed by atoms with Crippen molar-refractivity contribution in [3.8, 4) is 78.1 Å². The second-order valence-electron chi connectivity index (χ2n) is 24.1. The molecule has 94 heavy (non-hydrogen) atoms. The molecule has 0 amide bonds. The normalized spacial score (nSPS) is 11.8. The van der Waals surface area contributed by atoms with E-state index in [2.05, 4.69) is 337 Å². The molecule has 6 aromatic heterocycles. The van der Waals surface area contributed by atoms with Gasteiger partial charge < -0.3 is 9.13 Å². The van der Waals surface area contributed by atoms with Crippen LogP contribution in [0.15, 0.2) is 328 Å². The lowest BCUT2D eigenvalue weighted by Crippen LogP contribution is -1.94. The molecule has 0 saturated heterocycles. The van der Waals surface area contributed by atoms with Crippen LogP contribution in [0.2, 0.25) is 0 Å². The van der Waals surface area contributed by atoms with Crippen LogP contribution in [0.3, 0.4) is 0 Å². The van der Waals surface area contributed by atoms with Gasteiger partial charge in [0.1, 0.15) is 0 Å². The van der Waals surface area contributed by atoms with E-state index in [1.165, 1.54) is 181 Å². The Morgan fingerprint density at radius 3 is 1.13 bits per heavy atom. The summed E-state index contributed by atoms with van der Waals surface area (Å²) in [4.78, 5) is 0. The van der Waals surface area contributed by atoms with Crippen molar-refractivity contribution >= 4 is 148 Å². The Morgan fingerprint density at radius 2 is 0.574 bits per heavy atom. The number of fused-ring (bicyclic) bond motifs is 16. The largest absolute Gasteiger partial charge is 0.308 e. The lowest BCUT2D eigenvalue weighted by atomic mass is 9.92. The van der Waals surface area contributed by atoms with Gasteiger partial charge >= 0.3 is 0 Å². The molecular formula is C88H54N2S4. The van der Waals surface area contributed by atoms with Crippen molar-refractivity contribution in [3.05, 3.63) is 328 Å². The Hall–Kier alpha value is -11.0. The Morgan fingerprint density at radius 1 is 0.191 bits per heavy atom. The van der Waals surface area contributed by atoms with Crippen LogP contribution < -0.4 is 0 Å². The maximum absolute atomic E-state index is 2.47. The first kappa shape index (κ1) is 54.7. The minimum atomic E-state index is 1.19. The summed E-state index contributed by atoms with van der Waals surface area (Å²) in [6.45, 7) is 0. The lowest BCUT2D eigenvalue weighted by molar-refractivity contribution is 1.19. The highest BCUT2D eigenvalue weighted by atomic mass is 32.1. The number of thiophene rings is 4. The molecule has 0 atom stereocenters. The molecule has 0 aliphatic heterocycles. The van der Waals surface area contributed by atoms with E-state index in [4.69, 9.17) is 0 Å². The van der Waals surface area contributed by atoms with Crippen molar-refractivity contribution in [1.82, 2.24) is 9.13 Å². The Bertz CT molecular complexity index is 6340. The van der Waals surface area contributed by atoms with Gasteiger partial charge in [-0.2, -0.15) is 0 Å². The molecule has 0 aliphatic rings. The number of benzene rings is 14. The minimum Gasteiger partial charge on any atom is -0.308 e. The van der Waals surface area contributed by atoms with Gasteiger partial charge in [-0.15, -0.1) is 45.3 Å². The zero-order valence-electron chi connectivity index (χ0n) is 50.7. The van der Waals surface area contributed by atoms with Crippen LogP contribution in [0.1, 0.15) is 0 Å². The van der Waals surface area contributed by atoms with Crippen LogP contribution in [0.5, 0.6) is 0 Å². The molecule has 20 rings (SSSR count). The molecule has 2 nitrogen and oxygen atoms in total. The first-order valence-corrected chi connectivity index (χ1v) is 35.1. The number of hydrogen-bond acceptors (Lipinski definition) is 4. The van der Waals surface area contributed by atoms with Crippen LogP contribution in [0.25, 0.3) is 181 Å². The zero-order chi connectivity index (χ0) is 61.8. The van der Waals surface area contributed by atoms with Gasteiger partial charge in [-0.05, 0) is 122 Å². The quantitative estimate of drug-likeness (QED) is 0.143. The van der Waals surface area contributed by atoms with Crippen LogP contribution in [0.4, 0.5) is 0 Å². The fourth-order valence-corrected chi connectivity index (χ4v) is 19.8. The summed E-state index contributed by atoms with van der Waals surface area (Å²) in [6.07, 6.45) is 0. The Kier molecular flexibility index (Phi) is 13.1. The molecule has 0 radical (unpaired) electrons. The summed E-state index contributed by atoms with van der Waals surface area (Å²) in [5.41, 5.74) is 22.6. The molecule has 0 spiro atoms. The van der Waals surface area contributed by atoms with Gasteiger partial charge in [-0.1, -0.05) is 267 Å². The molecule has 0 fully saturated rings. The van der Waals surface area contributed by atoms with Gasteiger partial charge in [0.2, 0.25) is 0 Å². The number of nitrogens with zero attached hydrogens (tertiary/aromatic N) is 2. The predicted octanol–water partition coefficient (Wildman–Crippen LogP) is 26.7. The van der Waals surface area contributed by atoms with E-state index < -0.39 is 0 Å². The third kappa shape index (κ3) is 8.79. The molecule has 6 heteroatoms. The fourth-order valence-electron chi connectivity index (χ4n) is 14.7. The standard InChI is InChI=1S/2C44H27NS2/c1-3-14-28(15-4-1)30-21-11-24-35-36-25-12-23-34(43(36)47-42(30)35)32-19-8-7-18-31(32)33-22-13-27-39-40(33)41-44(46-39)37-20-9-10-26-38(37)45(41)29-16-5-2-6-17-29;1-3-12-28(13-4-1)29-22-24-34-35-25-23-30(27-41(35)46-40(34)26-29)32-16-7-8-17-33(32)36-19-11-21-39-42(36)43-44(47-39)37-18-9-10-20-38(37)45(43)31-14-5-2-6-15-31/h2*1-27H. The second-order valence-corrected chi connectivity index (χ2v) is 28.3. The average molecular weight is 1270 g/mol. The van der Waals surface area contributed by atoms with Crippen LogP contribution in [0, 0.1) is 0 Å². The average Bonchev–Trinajstić information content (AvgIpc) is 1.56. The minimum absolute atomic E-state index is 1.19. The van der Waals surface area contributed by atoms with Crippen molar-refractivity contribution in [2.75, 3.05) is 0 Å². The first-order chi connectivity index (χ1) is 46.7. The third-order valence-electron chi connectivity index (χ3n) is 18.9. The molecule has 14 aromatic carbocycles. The van der Waals surface area contributed by atoms with Gasteiger partial charge in [0, 0.05) is 88.2 Å². The Balaban J connectivity index is 0.000000133. The first-order valence-electron chi connectivity index (χ1n) is 31.9. The summed E-state index contributed by atoms with van der Waals surface area (Å²) in [5, 5.41) is 10.5. The van der Waals surface area contributed by atoms with E-state index in [0.29, 0.717) is 0 Å². The third-order valence-corrected chi connectivity index (χ3v) is 23.6. The SMILES string of the molecule is c1ccc(-c2ccc3c(c2)sc2cc(-c4ccccc4-c4cccc5sc6c7ccccc7n(-c7ccccc7)c6c45)ccc23)cc1.c1ccc(-c2cccc3c2sc2c(-c4ccccc4-c4cccc5sc6c7ccccc7n(-c7ccccc7)c6c45)cccc23)cc1. The van der Waals surface area contributed by atoms with E-state index in [9.17, 15) is 0 Å². The fraction of sp³-hybridized carbons (Fsp3) is 0. The van der Waals surface area contributed by atoms with Crippen molar-refractivity contribution < 1.29 is 0 Å². The summed E-state index contributed by atoms with van der Waals surface area (Å²) in [7, 11) is 0. The number of hydrogen-bond donors (Lipinski definition) is 0. The van der Waals surface area contributed by atoms with Crippen molar-refractivity contribution in [2.24, 2.45) is 0 Å². The highest BCUT2D eigenvalue weighted by Gasteiger charge is 2.25. The van der Waals surface area contributed by atoms with Gasteiger partial charge in [-0.25, -0.2) is 0 Å². The molecule has 0 bridgehead atoms. The molecule has 6 heterocycles. The molecule has 0 saturated carbocycles. The van der Waals surface area contributed by atoms with Gasteiger partial charge in [0.05, 0.1) is 31.5 Å². The van der Waals surface area contributed by atoms with Gasteiger partial charge in [0.15, 0.2) is 0 Å². The molecule has 0 N–H and O–H groups in total. The molecular weight excluding hydrogens is 1210 g/mol. The predicted molar refractivity (Wildman–Crippen MR) is 411 cm³/mol. The van der Waals surface area contributed by atoms with Crippen LogP contribution in [-0.4, -0.2) is 9.13 Å². The molecule has 440 valence electrons. The smallest absolute Gasteiger partial charge is 0.0734 e. The monoisotopic (exact) mass is 1270 g/mol. The van der Waals surface area contributed by atoms with Crippen molar-refractivity contribution in [3.63, 3.8) is 0 Å². The maximum atomic E-state index is 2.47. The van der Waals surface area contributed by atoms with E-state index >= 15 is 0 Å². The van der Waals surface area contributed by atoms with E-state index in [-0.39, 0.29) is 0 Å². The summed E-state index contributed by atoms with van der Waals surface area (Å²) in [6, 6.07) is 120. The number of para-hydroxylation sites is 4. The van der Waals surface area contributed by atoms with E-state index in [0.717, 1.165) is 0 Å². The van der Waals surface area contributed by atoms with Gasteiger partial charge in [0.25, 0.3) is 0 Å². The Labute approximate surface area is 558 Å². The second kappa shape index (κ2) is 22.4. The molecule has 0 unspecified atom stereocenters. The van der Waals surface area contributed by atoms with Crippen molar-refractivity contribution in [1.29, 1.82) is 0 Å². The number of rotatable bonds is 8.